The van der Waals surface area contributed by atoms with Crippen molar-refractivity contribution in [3.63, 3.8) is 0 Å². The summed E-state index contributed by atoms with van der Waals surface area (Å²) in [4.78, 5) is 27.3. The van der Waals surface area contributed by atoms with Gasteiger partial charge in [-0.25, -0.2) is 32.6 Å². The van der Waals surface area contributed by atoms with Crippen LogP contribution in [0.3, 0.4) is 0 Å². The minimum absolute atomic E-state index is 0.0837. The number of carbonyl (C=O) groups is 1. The molecule has 1 amide bonds. The maximum absolute atomic E-state index is 14.8. The Morgan fingerprint density at radius 1 is 1.07 bits per heavy atom. The van der Waals surface area contributed by atoms with Crippen LogP contribution in [0.1, 0.15) is 51.0 Å². The summed E-state index contributed by atoms with van der Waals surface area (Å²) in [7, 11) is 0. The van der Waals surface area contributed by atoms with Crippen LogP contribution in [-0.4, -0.2) is 55.0 Å². The summed E-state index contributed by atoms with van der Waals surface area (Å²) in [6.45, 7) is 4.62. The van der Waals surface area contributed by atoms with Gasteiger partial charge < -0.3 is 15.5 Å². The Kier molecular flexibility index (Phi) is 6.65. The number of aromatic nitrogens is 5. The first kappa shape index (κ1) is 26.2. The molecule has 2 fully saturated rings. The van der Waals surface area contributed by atoms with Crippen molar-refractivity contribution in [3.8, 4) is 11.3 Å². The molecule has 1 aliphatic carbocycles. The lowest BCUT2D eigenvalue weighted by atomic mass is 9.87. The fourth-order valence-electron chi connectivity index (χ4n) is 5.32. The van der Waals surface area contributed by atoms with Crippen LogP contribution in [0.2, 0.25) is 0 Å². The molecule has 1 atom stereocenters. The molecule has 1 saturated heterocycles. The van der Waals surface area contributed by atoms with E-state index in [0.29, 0.717) is 30.0 Å². The van der Waals surface area contributed by atoms with Gasteiger partial charge in [0.05, 0.1) is 29.8 Å². The molecular formula is C28H29F3N8O. The first-order valence-corrected chi connectivity index (χ1v) is 13.3. The van der Waals surface area contributed by atoms with E-state index < -0.39 is 11.7 Å². The molecule has 0 bridgehead atoms. The monoisotopic (exact) mass is 550 g/mol. The Morgan fingerprint density at radius 2 is 1.90 bits per heavy atom. The van der Waals surface area contributed by atoms with Gasteiger partial charge in [-0.05, 0) is 36.6 Å². The third kappa shape index (κ3) is 5.23. The van der Waals surface area contributed by atoms with Crippen molar-refractivity contribution in [1.82, 2.24) is 29.9 Å². The van der Waals surface area contributed by atoms with Gasteiger partial charge in [-0.3, -0.25) is 4.79 Å². The second-order valence-corrected chi connectivity index (χ2v) is 10.8. The summed E-state index contributed by atoms with van der Waals surface area (Å²) < 4.78 is 42.7. The Labute approximate surface area is 228 Å². The second kappa shape index (κ2) is 10.2. The highest BCUT2D eigenvalue weighted by molar-refractivity contribution is 5.94. The Hall–Kier alpha value is -4.06. The highest BCUT2D eigenvalue weighted by Gasteiger charge is 2.46. The fourth-order valence-corrected chi connectivity index (χ4v) is 5.32. The molecule has 40 heavy (non-hydrogen) atoms. The van der Waals surface area contributed by atoms with Crippen molar-refractivity contribution >= 4 is 28.9 Å². The Balaban J connectivity index is 1.12. The number of pyridine rings is 2. The van der Waals surface area contributed by atoms with Crippen LogP contribution in [0.15, 0.2) is 49.1 Å². The van der Waals surface area contributed by atoms with Gasteiger partial charge in [0.2, 0.25) is 11.9 Å². The fraction of sp³-hybridized carbons (Fsp3) is 0.393. The van der Waals surface area contributed by atoms with Crippen molar-refractivity contribution < 1.29 is 18.0 Å². The molecule has 208 valence electrons. The van der Waals surface area contributed by atoms with E-state index in [1.807, 2.05) is 12.3 Å². The van der Waals surface area contributed by atoms with Gasteiger partial charge in [-0.2, -0.15) is 5.10 Å². The van der Waals surface area contributed by atoms with E-state index in [0.717, 1.165) is 17.3 Å². The van der Waals surface area contributed by atoms with E-state index in [2.05, 4.69) is 44.5 Å². The Bertz CT molecular complexity index is 1550. The van der Waals surface area contributed by atoms with Crippen molar-refractivity contribution in [3.05, 3.63) is 60.4 Å². The molecule has 2 N–H and O–H groups in total. The van der Waals surface area contributed by atoms with Gasteiger partial charge in [0, 0.05) is 55.2 Å². The molecule has 1 aliphatic heterocycles. The lowest BCUT2D eigenvalue weighted by molar-refractivity contribution is -0.121. The molecule has 12 heteroatoms. The number of carbonyl (C=O) groups excluding carboxylic acids is 1. The number of nitrogens with zero attached hydrogens (tertiary/aromatic N) is 6. The molecule has 1 saturated carbocycles. The molecule has 0 spiro atoms. The molecule has 0 radical (unpaired) electrons. The van der Waals surface area contributed by atoms with Crippen molar-refractivity contribution in [2.75, 3.05) is 16.8 Å². The van der Waals surface area contributed by atoms with Gasteiger partial charge >= 0.3 is 0 Å². The van der Waals surface area contributed by atoms with E-state index in [-0.39, 0.29) is 54.8 Å². The lowest BCUT2D eigenvalue weighted by Crippen LogP contribution is -2.55. The summed E-state index contributed by atoms with van der Waals surface area (Å²) in [6, 6.07) is 6.75. The van der Waals surface area contributed by atoms with E-state index in [4.69, 9.17) is 0 Å². The van der Waals surface area contributed by atoms with Gasteiger partial charge in [-0.1, -0.05) is 13.8 Å². The molecule has 6 rings (SSSR count). The summed E-state index contributed by atoms with van der Waals surface area (Å²) >= 11 is 0. The zero-order chi connectivity index (χ0) is 28.0. The third-order valence-electron chi connectivity index (χ3n) is 7.48. The number of piperidine rings is 1. The lowest BCUT2D eigenvalue weighted by Gasteiger charge is -2.40. The third-order valence-corrected chi connectivity index (χ3v) is 7.48. The molecule has 0 aromatic carbocycles. The highest BCUT2D eigenvalue weighted by atomic mass is 19.3. The molecule has 4 aromatic rings. The maximum Gasteiger partial charge on any atom is 0.251 e. The molecular weight excluding hydrogens is 521 g/mol. The molecule has 5 heterocycles. The van der Waals surface area contributed by atoms with Gasteiger partial charge in [0.25, 0.3) is 5.92 Å². The predicted molar refractivity (Wildman–Crippen MR) is 144 cm³/mol. The van der Waals surface area contributed by atoms with Crippen molar-refractivity contribution in [2.24, 2.45) is 0 Å². The quantitative estimate of drug-likeness (QED) is 0.331. The highest BCUT2D eigenvalue weighted by Crippen LogP contribution is 2.38. The number of halogens is 3. The zero-order valence-corrected chi connectivity index (χ0v) is 22.1. The van der Waals surface area contributed by atoms with Crippen LogP contribution >= 0.6 is 0 Å². The number of amides is 1. The molecule has 4 aromatic heterocycles. The van der Waals surface area contributed by atoms with E-state index in [1.165, 1.54) is 0 Å². The van der Waals surface area contributed by atoms with E-state index in [9.17, 15) is 18.0 Å². The van der Waals surface area contributed by atoms with Gasteiger partial charge in [0.1, 0.15) is 11.5 Å². The van der Waals surface area contributed by atoms with Crippen LogP contribution < -0.4 is 15.5 Å². The van der Waals surface area contributed by atoms with Crippen LogP contribution in [0.5, 0.6) is 0 Å². The van der Waals surface area contributed by atoms with Crippen molar-refractivity contribution in [1.29, 1.82) is 0 Å². The summed E-state index contributed by atoms with van der Waals surface area (Å²) in [5, 5.41) is 10.5. The van der Waals surface area contributed by atoms with Crippen LogP contribution in [0.4, 0.5) is 30.6 Å². The summed E-state index contributed by atoms with van der Waals surface area (Å²) in [6.07, 6.45) is 6.86. The average Bonchev–Trinajstić information content (AvgIpc) is 3.33. The molecule has 1 unspecified atom stereocenters. The minimum atomic E-state index is -2.59. The zero-order valence-electron chi connectivity index (χ0n) is 22.1. The largest absolute Gasteiger partial charge is 0.311 e. The average molecular weight is 551 g/mol. The van der Waals surface area contributed by atoms with Crippen LogP contribution in [0, 0.1) is 5.82 Å². The first-order chi connectivity index (χ1) is 19.1. The predicted octanol–water partition coefficient (Wildman–Crippen LogP) is 5.08. The smallest absolute Gasteiger partial charge is 0.251 e. The SMILES string of the molecule is CC(C)c1cnn2ccc(-c3nc(Nc4ccc(N5CCC(NC6CC(F)(F)C6)CC5=O)cn4)ncc3F)cc12. The number of nitrogens with one attached hydrogen (secondary N) is 2. The number of anilines is 3. The molecule has 2 aliphatic rings. The topological polar surface area (TPSA) is 100 Å². The maximum atomic E-state index is 14.8. The number of fused-ring (bicyclic) bond motifs is 1. The molecule has 9 nitrogen and oxygen atoms in total. The van der Waals surface area contributed by atoms with Gasteiger partial charge in [-0.15, -0.1) is 0 Å². The standard InChI is InChI=1S/C28H29F3N8O/c1-16(2)21-14-34-39-8-5-17(9-23(21)39)26-22(29)15-33-27(37-26)36-24-4-3-20(13-32-24)38-7-6-18(10-25(38)40)35-19-11-28(30,31)12-19/h3-5,8-9,13-16,18-19,35H,6-7,10-12H2,1-2H3,(H,32,33,36,37). The van der Waals surface area contributed by atoms with E-state index in [1.54, 1.807) is 40.0 Å². The summed E-state index contributed by atoms with van der Waals surface area (Å²) in [5.74, 6) is -2.35. The Morgan fingerprint density at radius 3 is 2.60 bits per heavy atom. The van der Waals surface area contributed by atoms with E-state index >= 15 is 0 Å². The number of hydrogen-bond acceptors (Lipinski definition) is 7. The van der Waals surface area contributed by atoms with Crippen LogP contribution in [0.25, 0.3) is 16.8 Å². The van der Waals surface area contributed by atoms with Crippen molar-refractivity contribution in [2.45, 2.75) is 63.5 Å². The number of hydrogen-bond donors (Lipinski definition) is 2. The number of rotatable bonds is 7. The van der Waals surface area contributed by atoms with Gasteiger partial charge in [0.15, 0.2) is 5.82 Å². The first-order valence-electron chi connectivity index (χ1n) is 13.3. The normalized spacial score (nSPS) is 19.3. The minimum Gasteiger partial charge on any atom is -0.311 e. The summed E-state index contributed by atoms with van der Waals surface area (Å²) in [5.41, 5.74) is 3.33. The second-order valence-electron chi connectivity index (χ2n) is 10.8. The van der Waals surface area contributed by atoms with Crippen LogP contribution in [-0.2, 0) is 4.79 Å². The number of alkyl halides is 2.